The van der Waals surface area contributed by atoms with Gasteiger partial charge in [-0.05, 0) is 62.4 Å². The van der Waals surface area contributed by atoms with Crippen LogP contribution in [0.4, 0.5) is 4.39 Å². The summed E-state index contributed by atoms with van der Waals surface area (Å²) in [5.41, 5.74) is 1.20. The van der Waals surface area contributed by atoms with Crippen LogP contribution in [0.2, 0.25) is 0 Å². The van der Waals surface area contributed by atoms with E-state index < -0.39 is 5.82 Å². The zero-order chi connectivity index (χ0) is 14.7. The maximum Gasteiger partial charge on any atom is 0.140 e. The number of hydrogen-bond acceptors (Lipinski definition) is 3. The second kappa shape index (κ2) is 6.55. The molecule has 1 N–H and O–H groups in total. The topological polar surface area (TPSA) is 39.1 Å². The van der Waals surface area contributed by atoms with E-state index in [2.05, 4.69) is 10.2 Å². The summed E-state index contributed by atoms with van der Waals surface area (Å²) in [4.78, 5) is 2.52. The zero-order valence-electron chi connectivity index (χ0n) is 12.3. The van der Waals surface area contributed by atoms with Crippen molar-refractivity contribution < 1.29 is 4.39 Å². The predicted molar refractivity (Wildman–Crippen MR) is 80.1 cm³/mol. The van der Waals surface area contributed by atoms with Crippen molar-refractivity contribution in [1.29, 1.82) is 5.26 Å². The van der Waals surface area contributed by atoms with Gasteiger partial charge < -0.3 is 5.32 Å². The van der Waals surface area contributed by atoms with Crippen molar-refractivity contribution in [3.8, 4) is 6.07 Å². The summed E-state index contributed by atoms with van der Waals surface area (Å²) in [6, 6.07) is 7.54. The lowest BCUT2D eigenvalue weighted by atomic mass is 9.98. The lowest BCUT2D eigenvalue weighted by Gasteiger charge is -2.30. The minimum Gasteiger partial charge on any atom is -0.316 e. The van der Waals surface area contributed by atoms with E-state index in [1.165, 1.54) is 31.7 Å². The summed E-state index contributed by atoms with van der Waals surface area (Å²) >= 11 is 0. The van der Waals surface area contributed by atoms with E-state index in [1.54, 1.807) is 6.07 Å². The van der Waals surface area contributed by atoms with Gasteiger partial charge in [0.05, 0.1) is 5.56 Å². The van der Waals surface area contributed by atoms with Crippen LogP contribution in [0.5, 0.6) is 0 Å². The van der Waals surface area contributed by atoms with E-state index in [9.17, 15) is 4.39 Å². The molecule has 1 aromatic rings. The minimum absolute atomic E-state index is 0.155. The summed E-state index contributed by atoms with van der Waals surface area (Å²) in [5, 5.41) is 12.4. The van der Waals surface area contributed by atoms with Crippen molar-refractivity contribution in [3.05, 3.63) is 35.1 Å². The van der Waals surface area contributed by atoms with Gasteiger partial charge in [-0.1, -0.05) is 6.07 Å². The van der Waals surface area contributed by atoms with E-state index in [-0.39, 0.29) is 5.56 Å². The Hall–Kier alpha value is -1.44. The smallest absolute Gasteiger partial charge is 0.140 e. The molecular formula is C17H22FN3. The van der Waals surface area contributed by atoms with Gasteiger partial charge in [-0.3, -0.25) is 4.90 Å². The Morgan fingerprint density at radius 2 is 2.19 bits per heavy atom. The van der Waals surface area contributed by atoms with Gasteiger partial charge in [0.25, 0.3) is 0 Å². The Morgan fingerprint density at radius 3 is 2.86 bits per heavy atom. The highest BCUT2D eigenvalue weighted by Gasteiger charge is 2.31. The Kier molecular flexibility index (Phi) is 4.52. The van der Waals surface area contributed by atoms with E-state index in [0.29, 0.717) is 6.04 Å². The van der Waals surface area contributed by atoms with Crippen LogP contribution in [-0.4, -0.2) is 30.6 Å². The molecule has 1 atom stereocenters. The number of nitrogens with zero attached hydrogens (tertiary/aromatic N) is 2. The standard InChI is InChI=1S/C17H22FN3/c18-17-6-3-13(8-15(17)9-19)11-21(16-4-5-16)12-14-2-1-7-20-10-14/h3,6,8,14,16,20H,1-2,4-5,7,10-12H2. The summed E-state index contributed by atoms with van der Waals surface area (Å²) < 4.78 is 13.4. The van der Waals surface area contributed by atoms with Gasteiger partial charge in [0.15, 0.2) is 0 Å². The minimum atomic E-state index is -0.421. The molecule has 1 aliphatic carbocycles. The molecule has 0 bridgehead atoms. The highest BCUT2D eigenvalue weighted by Crippen LogP contribution is 2.30. The van der Waals surface area contributed by atoms with Gasteiger partial charge >= 0.3 is 0 Å². The average molecular weight is 287 g/mol. The molecule has 1 saturated carbocycles. The molecule has 1 aromatic carbocycles. The molecule has 112 valence electrons. The van der Waals surface area contributed by atoms with Crippen molar-refractivity contribution in [2.75, 3.05) is 19.6 Å². The van der Waals surface area contributed by atoms with Gasteiger partial charge in [-0.25, -0.2) is 4.39 Å². The van der Waals surface area contributed by atoms with Crippen molar-refractivity contribution in [2.45, 2.75) is 38.3 Å². The molecule has 2 aliphatic rings. The first-order valence-electron chi connectivity index (χ1n) is 7.89. The second-order valence-electron chi connectivity index (χ2n) is 6.30. The molecule has 0 spiro atoms. The Labute approximate surface area is 125 Å². The Bertz CT molecular complexity index is 527. The number of rotatable bonds is 5. The molecule has 1 aliphatic heterocycles. The van der Waals surface area contributed by atoms with Crippen molar-refractivity contribution in [1.82, 2.24) is 10.2 Å². The fraction of sp³-hybridized carbons (Fsp3) is 0.588. The molecule has 4 heteroatoms. The predicted octanol–water partition coefficient (Wildman–Crippen LogP) is 2.66. The van der Waals surface area contributed by atoms with Crippen LogP contribution in [0.3, 0.4) is 0 Å². The maximum absolute atomic E-state index is 13.4. The van der Waals surface area contributed by atoms with Crippen LogP contribution < -0.4 is 5.32 Å². The number of halogens is 1. The fourth-order valence-corrected chi connectivity index (χ4v) is 3.18. The molecule has 3 rings (SSSR count). The molecule has 0 radical (unpaired) electrons. The van der Waals surface area contributed by atoms with Crippen molar-refractivity contribution >= 4 is 0 Å². The number of benzene rings is 1. The van der Waals surface area contributed by atoms with Crippen LogP contribution in [0.25, 0.3) is 0 Å². The van der Waals surface area contributed by atoms with Crippen LogP contribution in [-0.2, 0) is 6.54 Å². The number of nitriles is 1. The molecule has 1 saturated heterocycles. The van der Waals surface area contributed by atoms with Crippen LogP contribution in [0, 0.1) is 23.1 Å². The quantitative estimate of drug-likeness (QED) is 0.905. The third kappa shape index (κ3) is 3.81. The lowest BCUT2D eigenvalue weighted by molar-refractivity contribution is 0.192. The summed E-state index contributed by atoms with van der Waals surface area (Å²) in [6.07, 6.45) is 5.10. The van der Waals surface area contributed by atoms with Crippen LogP contribution in [0.15, 0.2) is 18.2 Å². The third-order valence-electron chi connectivity index (χ3n) is 4.49. The largest absolute Gasteiger partial charge is 0.316 e. The average Bonchev–Trinajstić information content (AvgIpc) is 3.34. The van der Waals surface area contributed by atoms with E-state index >= 15 is 0 Å². The fourth-order valence-electron chi connectivity index (χ4n) is 3.18. The zero-order valence-corrected chi connectivity index (χ0v) is 12.3. The Balaban J connectivity index is 1.66. The van der Waals surface area contributed by atoms with Crippen LogP contribution >= 0.6 is 0 Å². The molecular weight excluding hydrogens is 265 g/mol. The highest BCUT2D eigenvalue weighted by atomic mass is 19.1. The molecule has 3 nitrogen and oxygen atoms in total. The molecule has 0 aromatic heterocycles. The summed E-state index contributed by atoms with van der Waals surface area (Å²) in [5.74, 6) is 0.297. The lowest BCUT2D eigenvalue weighted by Crippen LogP contribution is -2.39. The first kappa shape index (κ1) is 14.5. The van der Waals surface area contributed by atoms with Gasteiger partial charge in [0.1, 0.15) is 11.9 Å². The van der Waals surface area contributed by atoms with Gasteiger partial charge in [-0.15, -0.1) is 0 Å². The Morgan fingerprint density at radius 1 is 1.33 bits per heavy atom. The highest BCUT2D eigenvalue weighted by molar-refractivity contribution is 5.34. The second-order valence-corrected chi connectivity index (χ2v) is 6.30. The first-order valence-corrected chi connectivity index (χ1v) is 7.89. The first-order chi connectivity index (χ1) is 10.3. The van der Waals surface area contributed by atoms with E-state index in [0.717, 1.165) is 37.7 Å². The van der Waals surface area contributed by atoms with Gasteiger partial charge in [-0.2, -0.15) is 5.26 Å². The third-order valence-corrected chi connectivity index (χ3v) is 4.49. The monoisotopic (exact) mass is 287 g/mol. The maximum atomic E-state index is 13.4. The van der Waals surface area contributed by atoms with Gasteiger partial charge in [0, 0.05) is 19.1 Å². The summed E-state index contributed by atoms with van der Waals surface area (Å²) in [7, 11) is 0. The SMILES string of the molecule is N#Cc1cc(CN(CC2CCCNC2)C2CC2)ccc1F. The molecule has 21 heavy (non-hydrogen) atoms. The van der Waals surface area contributed by atoms with E-state index in [1.807, 2.05) is 12.1 Å². The summed E-state index contributed by atoms with van der Waals surface area (Å²) in [6.45, 7) is 4.19. The molecule has 1 unspecified atom stereocenters. The van der Waals surface area contributed by atoms with Crippen molar-refractivity contribution in [3.63, 3.8) is 0 Å². The van der Waals surface area contributed by atoms with E-state index in [4.69, 9.17) is 5.26 Å². The molecule has 1 heterocycles. The van der Waals surface area contributed by atoms with Crippen molar-refractivity contribution in [2.24, 2.45) is 5.92 Å². The van der Waals surface area contributed by atoms with Gasteiger partial charge in [0.2, 0.25) is 0 Å². The normalized spacial score (nSPS) is 22.2. The molecule has 2 fully saturated rings. The van der Waals surface area contributed by atoms with Crippen LogP contribution in [0.1, 0.15) is 36.8 Å². The molecule has 0 amide bonds. The number of piperidine rings is 1. The number of nitrogens with one attached hydrogen (secondary N) is 1. The number of hydrogen-bond donors (Lipinski definition) is 1.